The Bertz CT molecular complexity index is 534. The van der Waals surface area contributed by atoms with Crippen LogP contribution in [0.15, 0.2) is 0 Å². The molecule has 0 aliphatic carbocycles. The van der Waals surface area contributed by atoms with E-state index in [9.17, 15) is 19.2 Å². The molecule has 0 bridgehead atoms. The number of rotatable bonds is 17. The summed E-state index contributed by atoms with van der Waals surface area (Å²) < 4.78 is 0. The largest absolute Gasteiger partial charge is 0.356 e. The molecule has 0 saturated heterocycles. The number of hydrogen-bond donors (Lipinski definition) is 2. The molecule has 186 valence electrons. The molecule has 0 spiro atoms. The zero-order valence-electron chi connectivity index (χ0n) is 21.5. The first-order valence-corrected chi connectivity index (χ1v) is 12.4. The first-order chi connectivity index (χ1) is 14.8. The fraction of sp³-hybridized carbons (Fsp3) is 0.846. The molecule has 0 heterocycles. The highest BCUT2D eigenvalue weighted by molar-refractivity contribution is 5.84. The van der Waals surface area contributed by atoms with Crippen molar-refractivity contribution in [1.29, 1.82) is 0 Å². The smallest absolute Gasteiger partial charge is 0.219 e. The Morgan fingerprint density at radius 1 is 0.469 bits per heavy atom. The van der Waals surface area contributed by atoms with Crippen LogP contribution in [0.4, 0.5) is 0 Å². The minimum absolute atomic E-state index is 0.0599. The summed E-state index contributed by atoms with van der Waals surface area (Å²) in [6.07, 6.45) is 9.00. The number of hydrogen-bond acceptors (Lipinski definition) is 4. The summed E-state index contributed by atoms with van der Waals surface area (Å²) in [5.41, 5.74) is -0.586. The van der Waals surface area contributed by atoms with Crippen LogP contribution in [0.1, 0.15) is 119 Å². The maximum atomic E-state index is 11.8. The Kier molecular flexibility index (Phi) is 15.1. The van der Waals surface area contributed by atoms with E-state index in [1.165, 1.54) is 0 Å². The van der Waals surface area contributed by atoms with Crippen molar-refractivity contribution in [1.82, 2.24) is 10.6 Å². The number of ketones is 2. The molecule has 0 fully saturated rings. The highest BCUT2D eigenvalue weighted by Crippen LogP contribution is 2.19. The quantitative estimate of drug-likeness (QED) is 0.299. The van der Waals surface area contributed by atoms with Crippen molar-refractivity contribution in [3.8, 4) is 0 Å². The summed E-state index contributed by atoms with van der Waals surface area (Å²) in [5.74, 6) is 0.623. The van der Waals surface area contributed by atoms with Crippen molar-refractivity contribution >= 4 is 23.4 Å². The normalized spacial score (nSPS) is 11.8. The summed E-state index contributed by atoms with van der Waals surface area (Å²) in [4.78, 5) is 47.3. The number of unbranched alkanes of at least 4 members (excludes halogenated alkanes) is 5. The van der Waals surface area contributed by atoms with Gasteiger partial charge in [-0.05, 0) is 38.5 Å². The van der Waals surface area contributed by atoms with Gasteiger partial charge in [-0.15, -0.1) is 0 Å². The van der Waals surface area contributed by atoms with Crippen molar-refractivity contribution in [2.75, 3.05) is 13.1 Å². The highest BCUT2D eigenvalue weighted by atomic mass is 16.2. The molecule has 0 aliphatic heterocycles. The highest BCUT2D eigenvalue weighted by Gasteiger charge is 2.20. The van der Waals surface area contributed by atoms with Crippen molar-refractivity contribution < 1.29 is 19.2 Å². The van der Waals surface area contributed by atoms with Crippen LogP contribution < -0.4 is 10.6 Å². The predicted octanol–water partition coefficient (Wildman–Crippen LogP) is 5.13. The summed E-state index contributed by atoms with van der Waals surface area (Å²) in [7, 11) is 0. The van der Waals surface area contributed by atoms with Crippen LogP contribution >= 0.6 is 0 Å². The van der Waals surface area contributed by atoms with Crippen molar-refractivity contribution in [3.05, 3.63) is 0 Å². The summed E-state index contributed by atoms with van der Waals surface area (Å²) in [5, 5.41) is 5.88. The van der Waals surface area contributed by atoms with Gasteiger partial charge < -0.3 is 10.6 Å². The third-order valence-corrected chi connectivity index (χ3v) is 5.54. The van der Waals surface area contributed by atoms with Crippen LogP contribution in [0.2, 0.25) is 0 Å². The molecule has 0 aromatic heterocycles. The van der Waals surface area contributed by atoms with E-state index >= 15 is 0 Å². The number of carbonyl (C=O) groups is 4. The molecule has 6 heteroatoms. The summed E-state index contributed by atoms with van der Waals surface area (Å²) in [6, 6.07) is 0. The predicted molar refractivity (Wildman–Crippen MR) is 130 cm³/mol. The molecule has 0 aromatic rings. The molecular weight excluding hydrogens is 404 g/mol. The van der Waals surface area contributed by atoms with Crippen LogP contribution in [-0.2, 0) is 19.2 Å². The van der Waals surface area contributed by atoms with Gasteiger partial charge in [0.1, 0.15) is 11.6 Å². The van der Waals surface area contributed by atoms with Gasteiger partial charge in [0.25, 0.3) is 0 Å². The first-order valence-electron chi connectivity index (χ1n) is 12.4. The Labute approximate surface area is 196 Å². The molecular formula is C26H48N2O4. The fourth-order valence-corrected chi connectivity index (χ4v) is 3.13. The Morgan fingerprint density at radius 3 is 1.09 bits per heavy atom. The van der Waals surface area contributed by atoms with Gasteiger partial charge in [-0.25, -0.2) is 0 Å². The molecule has 6 nitrogen and oxygen atoms in total. The molecule has 0 aliphatic rings. The lowest BCUT2D eigenvalue weighted by Gasteiger charge is -2.16. The average molecular weight is 453 g/mol. The van der Waals surface area contributed by atoms with Gasteiger partial charge in [-0.3, -0.25) is 19.2 Å². The average Bonchev–Trinajstić information content (AvgIpc) is 2.68. The van der Waals surface area contributed by atoms with Gasteiger partial charge in [-0.2, -0.15) is 0 Å². The standard InChI is InChI=1S/C26H48N2O4/c1-25(2,3)21(29)15-9-11-17-23(31)27-19-13-7-8-14-20-28-24(32)18-12-10-16-22(30)26(4,5)6/h7-20H2,1-6H3,(H,27,31)(H,28,32). The van der Waals surface area contributed by atoms with E-state index in [4.69, 9.17) is 0 Å². The van der Waals surface area contributed by atoms with E-state index in [0.29, 0.717) is 38.8 Å². The topological polar surface area (TPSA) is 92.3 Å². The maximum absolute atomic E-state index is 11.8. The molecule has 2 N–H and O–H groups in total. The molecule has 0 atom stereocenters. The second kappa shape index (κ2) is 16.0. The van der Waals surface area contributed by atoms with Gasteiger partial charge in [0.15, 0.2) is 0 Å². The number of carbonyl (C=O) groups excluding carboxylic acids is 4. The Hall–Kier alpha value is -1.72. The maximum Gasteiger partial charge on any atom is 0.219 e. The number of amides is 2. The van der Waals surface area contributed by atoms with Crippen molar-refractivity contribution in [2.45, 2.75) is 119 Å². The molecule has 0 rings (SSSR count). The molecule has 0 radical (unpaired) electrons. The minimum atomic E-state index is -0.293. The van der Waals surface area contributed by atoms with E-state index in [1.54, 1.807) is 0 Å². The second-order valence-corrected chi connectivity index (χ2v) is 10.9. The van der Waals surface area contributed by atoms with Crippen LogP contribution in [0, 0.1) is 10.8 Å². The SMILES string of the molecule is CC(C)(C)C(=O)CCCCC(=O)NCCCCCCNC(=O)CCCCC(=O)C(C)(C)C. The zero-order chi connectivity index (χ0) is 24.6. The van der Waals surface area contributed by atoms with Crippen LogP contribution in [0.25, 0.3) is 0 Å². The third-order valence-electron chi connectivity index (χ3n) is 5.54. The van der Waals surface area contributed by atoms with E-state index in [1.807, 2.05) is 41.5 Å². The molecule has 2 amide bonds. The van der Waals surface area contributed by atoms with Crippen LogP contribution in [-0.4, -0.2) is 36.5 Å². The molecule has 0 saturated carbocycles. The van der Waals surface area contributed by atoms with Crippen LogP contribution in [0.5, 0.6) is 0 Å². The van der Waals surface area contributed by atoms with Gasteiger partial charge in [0, 0.05) is 49.6 Å². The third kappa shape index (κ3) is 16.9. The molecule has 0 unspecified atom stereocenters. The lowest BCUT2D eigenvalue weighted by molar-refractivity contribution is -0.127. The Balaban J connectivity index is 3.51. The number of nitrogens with one attached hydrogen (secondary N) is 2. The summed E-state index contributed by atoms with van der Waals surface area (Å²) in [6.45, 7) is 12.9. The summed E-state index contributed by atoms with van der Waals surface area (Å²) >= 11 is 0. The molecule has 0 aromatic carbocycles. The van der Waals surface area contributed by atoms with E-state index in [2.05, 4.69) is 10.6 Å². The van der Waals surface area contributed by atoms with Crippen molar-refractivity contribution in [2.24, 2.45) is 10.8 Å². The van der Waals surface area contributed by atoms with Gasteiger partial charge >= 0.3 is 0 Å². The monoisotopic (exact) mass is 452 g/mol. The first kappa shape index (κ1) is 30.3. The van der Waals surface area contributed by atoms with Gasteiger partial charge in [0.05, 0.1) is 0 Å². The lowest BCUT2D eigenvalue weighted by Crippen LogP contribution is -2.25. The lowest BCUT2D eigenvalue weighted by atomic mass is 9.88. The molecule has 32 heavy (non-hydrogen) atoms. The van der Waals surface area contributed by atoms with E-state index in [-0.39, 0.29) is 34.2 Å². The van der Waals surface area contributed by atoms with Gasteiger partial charge in [-0.1, -0.05) is 54.4 Å². The van der Waals surface area contributed by atoms with Crippen LogP contribution in [0.3, 0.4) is 0 Å². The van der Waals surface area contributed by atoms with Gasteiger partial charge in [0.2, 0.25) is 11.8 Å². The fourth-order valence-electron chi connectivity index (χ4n) is 3.13. The van der Waals surface area contributed by atoms with E-state index in [0.717, 1.165) is 51.4 Å². The Morgan fingerprint density at radius 2 is 0.781 bits per heavy atom. The number of Topliss-reactive ketones (excluding diaryl/α,β-unsaturated/α-hetero) is 2. The minimum Gasteiger partial charge on any atom is -0.356 e. The van der Waals surface area contributed by atoms with E-state index < -0.39 is 0 Å². The zero-order valence-corrected chi connectivity index (χ0v) is 21.5. The second-order valence-electron chi connectivity index (χ2n) is 10.9. The van der Waals surface area contributed by atoms with Crippen molar-refractivity contribution in [3.63, 3.8) is 0 Å².